The Morgan fingerprint density at radius 2 is 2.00 bits per heavy atom. The normalized spacial score (nSPS) is 15.4. The number of pyridine rings is 1. The minimum Gasteiger partial charge on any atom is -0.344 e. The number of aromatic amines is 1. The number of aromatic nitrogens is 3. The van der Waals surface area contributed by atoms with Crippen LogP contribution in [0.2, 0.25) is 5.02 Å². The van der Waals surface area contributed by atoms with Crippen molar-refractivity contribution < 1.29 is 4.79 Å². The zero-order chi connectivity index (χ0) is 18.1. The summed E-state index contributed by atoms with van der Waals surface area (Å²) in [4.78, 5) is 35.4. The summed E-state index contributed by atoms with van der Waals surface area (Å²) in [6.07, 6.45) is 6.07. The number of benzene rings is 1. The molecular formula is C19H17ClN4O2. The number of nitrogens with one attached hydrogen (secondary N) is 2. The van der Waals surface area contributed by atoms with Crippen LogP contribution in [0.1, 0.15) is 41.4 Å². The summed E-state index contributed by atoms with van der Waals surface area (Å²) in [6, 6.07) is 8.92. The second kappa shape index (κ2) is 6.88. The molecule has 1 saturated carbocycles. The lowest BCUT2D eigenvalue weighted by Crippen LogP contribution is -2.36. The maximum Gasteiger partial charge on any atom is 0.270 e. The average Bonchev–Trinajstić information content (AvgIpc) is 2.60. The summed E-state index contributed by atoms with van der Waals surface area (Å²) < 4.78 is 0. The van der Waals surface area contributed by atoms with Gasteiger partial charge in [-0.25, -0.2) is 9.97 Å². The first-order valence-electron chi connectivity index (χ1n) is 8.51. The molecule has 4 rings (SSSR count). The van der Waals surface area contributed by atoms with E-state index in [1.54, 1.807) is 0 Å². The largest absolute Gasteiger partial charge is 0.344 e. The first-order valence-corrected chi connectivity index (χ1v) is 8.89. The average molecular weight is 369 g/mol. The van der Waals surface area contributed by atoms with Crippen LogP contribution in [0.3, 0.4) is 0 Å². The number of rotatable bonds is 4. The van der Waals surface area contributed by atoms with Crippen LogP contribution in [-0.2, 0) is 0 Å². The van der Waals surface area contributed by atoms with E-state index in [2.05, 4.69) is 20.3 Å². The number of carbonyl (C=O) groups excluding carboxylic acids is 1. The van der Waals surface area contributed by atoms with Gasteiger partial charge in [0.1, 0.15) is 5.69 Å². The van der Waals surface area contributed by atoms with E-state index in [0.29, 0.717) is 21.8 Å². The molecule has 0 spiro atoms. The van der Waals surface area contributed by atoms with E-state index >= 15 is 0 Å². The molecule has 132 valence electrons. The Bertz CT molecular complexity index is 1010. The summed E-state index contributed by atoms with van der Waals surface area (Å²) in [5.41, 5.74) is 1.39. The van der Waals surface area contributed by atoms with Crippen LogP contribution in [0.25, 0.3) is 10.9 Å². The Morgan fingerprint density at radius 1 is 1.23 bits per heavy atom. The number of hydrogen-bond acceptors (Lipinski definition) is 4. The van der Waals surface area contributed by atoms with Crippen LogP contribution < -0.4 is 10.9 Å². The molecule has 0 aliphatic heterocycles. The lowest BCUT2D eigenvalue weighted by atomic mass is 9.77. The van der Waals surface area contributed by atoms with Crippen LogP contribution in [0, 0.1) is 5.92 Å². The molecular weight excluding hydrogens is 352 g/mol. The number of halogens is 1. The third-order valence-electron chi connectivity index (χ3n) is 4.90. The molecule has 3 aromatic rings. The molecule has 7 heteroatoms. The Morgan fingerprint density at radius 3 is 2.69 bits per heavy atom. The van der Waals surface area contributed by atoms with Gasteiger partial charge in [0, 0.05) is 5.02 Å². The fraction of sp³-hybridized carbons (Fsp3) is 0.263. The highest BCUT2D eigenvalue weighted by Crippen LogP contribution is 2.38. The maximum absolute atomic E-state index is 12.8. The van der Waals surface area contributed by atoms with Gasteiger partial charge in [0.15, 0.2) is 0 Å². The lowest BCUT2D eigenvalue weighted by molar-refractivity contribution is 0.0896. The SMILES string of the molecule is O=C(NC(c1ccc(Cl)cc1)C1CCC1)c1cc2c(=O)[nH]cnc2cn1. The van der Waals surface area contributed by atoms with Crippen LogP contribution >= 0.6 is 11.6 Å². The second-order valence-electron chi connectivity index (χ2n) is 6.51. The van der Waals surface area contributed by atoms with Gasteiger partial charge in [0.05, 0.1) is 29.5 Å². The zero-order valence-electron chi connectivity index (χ0n) is 13.9. The molecule has 1 aliphatic rings. The van der Waals surface area contributed by atoms with E-state index in [4.69, 9.17) is 11.6 Å². The molecule has 6 nitrogen and oxygen atoms in total. The molecule has 2 heterocycles. The fourth-order valence-corrected chi connectivity index (χ4v) is 3.35. The summed E-state index contributed by atoms with van der Waals surface area (Å²) in [6.45, 7) is 0. The number of carbonyl (C=O) groups is 1. The maximum atomic E-state index is 12.8. The number of H-pyrrole nitrogens is 1. The van der Waals surface area contributed by atoms with E-state index in [0.717, 1.165) is 18.4 Å². The molecule has 2 aromatic heterocycles. The number of hydrogen-bond donors (Lipinski definition) is 2. The van der Waals surface area contributed by atoms with Gasteiger partial charge in [-0.1, -0.05) is 30.2 Å². The highest BCUT2D eigenvalue weighted by atomic mass is 35.5. The highest BCUT2D eigenvalue weighted by Gasteiger charge is 2.30. The Labute approximate surface area is 154 Å². The number of nitrogens with zero attached hydrogens (tertiary/aromatic N) is 2. The molecule has 1 aliphatic carbocycles. The second-order valence-corrected chi connectivity index (χ2v) is 6.95. The van der Waals surface area contributed by atoms with Gasteiger partial charge in [0.2, 0.25) is 0 Å². The number of fused-ring (bicyclic) bond motifs is 1. The van der Waals surface area contributed by atoms with Crippen molar-refractivity contribution in [2.24, 2.45) is 5.92 Å². The van der Waals surface area contributed by atoms with Gasteiger partial charge < -0.3 is 10.3 Å². The fourth-order valence-electron chi connectivity index (χ4n) is 3.23. The van der Waals surface area contributed by atoms with Crippen LogP contribution in [0.5, 0.6) is 0 Å². The van der Waals surface area contributed by atoms with Gasteiger partial charge >= 0.3 is 0 Å². The standard InChI is InChI=1S/C19H17ClN4O2/c20-13-6-4-12(5-7-13)17(11-2-1-3-11)24-19(26)15-8-14-16(9-21-15)22-10-23-18(14)25/h4-11,17H,1-3H2,(H,24,26)(H,22,23,25). The zero-order valence-corrected chi connectivity index (χ0v) is 14.7. The molecule has 26 heavy (non-hydrogen) atoms. The van der Waals surface area contributed by atoms with Gasteiger partial charge in [-0.15, -0.1) is 0 Å². The van der Waals surface area contributed by atoms with E-state index < -0.39 is 0 Å². The first-order chi connectivity index (χ1) is 12.6. The Kier molecular flexibility index (Phi) is 4.42. The molecule has 1 aromatic carbocycles. The van der Waals surface area contributed by atoms with E-state index in [-0.39, 0.29) is 23.2 Å². The predicted molar refractivity (Wildman–Crippen MR) is 99.2 cm³/mol. The summed E-state index contributed by atoms with van der Waals surface area (Å²) in [5, 5.41) is 4.09. The summed E-state index contributed by atoms with van der Waals surface area (Å²) >= 11 is 5.98. The van der Waals surface area contributed by atoms with Crippen molar-refractivity contribution in [1.82, 2.24) is 20.3 Å². The Hall–Kier alpha value is -2.73. The Balaban J connectivity index is 1.63. The minimum absolute atomic E-state index is 0.0989. The molecule has 1 atom stereocenters. The van der Waals surface area contributed by atoms with Crippen LogP contribution in [0.15, 0.2) is 47.7 Å². The number of amides is 1. The van der Waals surface area contributed by atoms with E-state index in [1.165, 1.54) is 25.0 Å². The summed E-state index contributed by atoms with van der Waals surface area (Å²) in [7, 11) is 0. The topological polar surface area (TPSA) is 87.7 Å². The van der Waals surface area contributed by atoms with Crippen molar-refractivity contribution in [2.45, 2.75) is 25.3 Å². The van der Waals surface area contributed by atoms with E-state index in [1.807, 2.05) is 24.3 Å². The summed E-state index contributed by atoms with van der Waals surface area (Å²) in [5.74, 6) is 0.0904. The third kappa shape index (κ3) is 3.20. The molecule has 1 unspecified atom stereocenters. The van der Waals surface area contributed by atoms with Crippen molar-refractivity contribution in [3.63, 3.8) is 0 Å². The molecule has 0 radical (unpaired) electrons. The van der Waals surface area contributed by atoms with Gasteiger partial charge in [-0.2, -0.15) is 0 Å². The van der Waals surface area contributed by atoms with Gasteiger partial charge in [0.25, 0.3) is 11.5 Å². The van der Waals surface area contributed by atoms with Crippen molar-refractivity contribution in [2.75, 3.05) is 0 Å². The van der Waals surface area contributed by atoms with E-state index in [9.17, 15) is 9.59 Å². The molecule has 2 N–H and O–H groups in total. The smallest absolute Gasteiger partial charge is 0.270 e. The van der Waals surface area contributed by atoms with Gasteiger partial charge in [-0.3, -0.25) is 9.59 Å². The molecule has 1 amide bonds. The first kappa shape index (κ1) is 16.7. The van der Waals surface area contributed by atoms with Crippen LogP contribution in [0.4, 0.5) is 0 Å². The third-order valence-corrected chi connectivity index (χ3v) is 5.15. The molecule has 0 bridgehead atoms. The molecule has 0 saturated heterocycles. The monoisotopic (exact) mass is 368 g/mol. The van der Waals surface area contributed by atoms with Crippen molar-refractivity contribution >= 4 is 28.4 Å². The van der Waals surface area contributed by atoms with Crippen LogP contribution in [-0.4, -0.2) is 20.9 Å². The molecule has 1 fully saturated rings. The lowest BCUT2D eigenvalue weighted by Gasteiger charge is -2.34. The predicted octanol–water partition coefficient (Wildman–Crippen LogP) is 3.24. The highest BCUT2D eigenvalue weighted by molar-refractivity contribution is 6.30. The quantitative estimate of drug-likeness (QED) is 0.740. The van der Waals surface area contributed by atoms with Crippen molar-refractivity contribution in [3.05, 3.63) is 69.5 Å². The van der Waals surface area contributed by atoms with Crippen molar-refractivity contribution in [1.29, 1.82) is 0 Å². The minimum atomic E-state index is -0.304. The van der Waals surface area contributed by atoms with Gasteiger partial charge in [-0.05, 0) is 42.5 Å². The van der Waals surface area contributed by atoms with Crippen molar-refractivity contribution in [3.8, 4) is 0 Å².